The lowest BCUT2D eigenvalue weighted by Crippen LogP contribution is -2.23. The maximum absolute atomic E-state index is 9.14. The van der Waals surface area contributed by atoms with Crippen LogP contribution in [0.3, 0.4) is 0 Å². The number of rotatable bonds is 6. The monoisotopic (exact) mass is 194 g/mol. The molecule has 0 bridgehead atoms. The van der Waals surface area contributed by atoms with Crippen LogP contribution in [0.2, 0.25) is 0 Å². The first kappa shape index (κ1) is 11.0. The number of aromatic nitrogens is 1. The van der Waals surface area contributed by atoms with E-state index in [-0.39, 0.29) is 12.6 Å². The molecular formula is C11H18N2O. The third-order valence-electron chi connectivity index (χ3n) is 2.18. The van der Waals surface area contributed by atoms with Crippen LogP contribution in [-0.4, -0.2) is 22.7 Å². The Morgan fingerprint density at radius 2 is 2.14 bits per heavy atom. The highest BCUT2D eigenvalue weighted by atomic mass is 16.3. The van der Waals surface area contributed by atoms with Crippen LogP contribution in [0.4, 0.5) is 5.69 Å². The molecule has 0 saturated carbocycles. The molecule has 0 aliphatic heterocycles. The predicted octanol–water partition coefficient (Wildman–Crippen LogP) is 2.04. The fraction of sp³-hybridized carbons (Fsp3) is 0.545. The van der Waals surface area contributed by atoms with Gasteiger partial charge >= 0.3 is 0 Å². The fourth-order valence-corrected chi connectivity index (χ4v) is 1.34. The van der Waals surface area contributed by atoms with Crippen LogP contribution < -0.4 is 5.32 Å². The van der Waals surface area contributed by atoms with Gasteiger partial charge in [0.1, 0.15) is 0 Å². The molecule has 0 saturated heterocycles. The van der Waals surface area contributed by atoms with E-state index in [0.717, 1.165) is 24.9 Å². The summed E-state index contributed by atoms with van der Waals surface area (Å²) in [6, 6.07) is 3.99. The second-order valence-electron chi connectivity index (χ2n) is 3.40. The van der Waals surface area contributed by atoms with E-state index in [9.17, 15) is 0 Å². The van der Waals surface area contributed by atoms with Gasteiger partial charge in [-0.1, -0.05) is 19.8 Å². The first-order valence-corrected chi connectivity index (χ1v) is 5.14. The Morgan fingerprint density at radius 1 is 1.43 bits per heavy atom. The molecule has 1 aromatic heterocycles. The predicted molar refractivity (Wildman–Crippen MR) is 58.3 cm³/mol. The first-order chi connectivity index (χ1) is 6.86. The number of nitrogens with one attached hydrogen (secondary N) is 1. The topological polar surface area (TPSA) is 45.1 Å². The van der Waals surface area contributed by atoms with Crippen molar-refractivity contribution in [3.05, 3.63) is 24.5 Å². The number of anilines is 1. The molecule has 0 aromatic carbocycles. The molecule has 1 rings (SSSR count). The van der Waals surface area contributed by atoms with Crippen LogP contribution in [0.15, 0.2) is 24.5 Å². The van der Waals surface area contributed by atoms with Crippen molar-refractivity contribution in [2.75, 3.05) is 11.9 Å². The van der Waals surface area contributed by atoms with Crippen molar-refractivity contribution < 1.29 is 5.11 Å². The average molecular weight is 194 g/mol. The Bertz CT molecular complexity index is 238. The van der Waals surface area contributed by atoms with E-state index in [1.165, 1.54) is 0 Å². The maximum atomic E-state index is 9.14. The molecule has 0 amide bonds. The van der Waals surface area contributed by atoms with Gasteiger partial charge in [0.25, 0.3) is 0 Å². The molecule has 1 atom stereocenters. The summed E-state index contributed by atoms with van der Waals surface area (Å²) < 4.78 is 0. The second-order valence-corrected chi connectivity index (χ2v) is 3.40. The van der Waals surface area contributed by atoms with E-state index < -0.39 is 0 Å². The maximum Gasteiger partial charge on any atom is 0.0632 e. The normalized spacial score (nSPS) is 12.4. The SMILES string of the molecule is CCCC[C@@H](CO)Nc1ccncc1. The Kier molecular flexibility index (Phi) is 5.00. The highest BCUT2D eigenvalue weighted by molar-refractivity contribution is 5.41. The zero-order valence-corrected chi connectivity index (χ0v) is 8.61. The van der Waals surface area contributed by atoms with Gasteiger partial charge in [-0.05, 0) is 18.6 Å². The number of hydrogen-bond acceptors (Lipinski definition) is 3. The van der Waals surface area contributed by atoms with Crippen molar-refractivity contribution >= 4 is 5.69 Å². The lowest BCUT2D eigenvalue weighted by Gasteiger charge is -2.16. The minimum atomic E-state index is 0.164. The van der Waals surface area contributed by atoms with E-state index in [4.69, 9.17) is 5.11 Å². The smallest absolute Gasteiger partial charge is 0.0632 e. The lowest BCUT2D eigenvalue weighted by molar-refractivity contribution is 0.267. The van der Waals surface area contributed by atoms with Crippen LogP contribution in [0, 0.1) is 0 Å². The van der Waals surface area contributed by atoms with Gasteiger partial charge in [-0.15, -0.1) is 0 Å². The first-order valence-electron chi connectivity index (χ1n) is 5.14. The van der Waals surface area contributed by atoms with Crippen molar-refractivity contribution in [3.63, 3.8) is 0 Å². The molecule has 1 heterocycles. The molecule has 1 aromatic rings. The quantitative estimate of drug-likeness (QED) is 0.728. The average Bonchev–Trinajstić information content (AvgIpc) is 2.25. The van der Waals surface area contributed by atoms with Gasteiger partial charge in [-0.2, -0.15) is 0 Å². The number of pyridine rings is 1. The van der Waals surface area contributed by atoms with Crippen LogP contribution in [0.1, 0.15) is 26.2 Å². The van der Waals surface area contributed by atoms with E-state index in [1.54, 1.807) is 12.4 Å². The third kappa shape index (κ3) is 3.75. The molecule has 14 heavy (non-hydrogen) atoms. The highest BCUT2D eigenvalue weighted by Gasteiger charge is 2.05. The van der Waals surface area contributed by atoms with E-state index in [1.807, 2.05) is 12.1 Å². The summed E-state index contributed by atoms with van der Waals surface area (Å²) in [5, 5.41) is 12.4. The second kappa shape index (κ2) is 6.38. The van der Waals surface area contributed by atoms with Gasteiger partial charge in [0.2, 0.25) is 0 Å². The summed E-state index contributed by atoms with van der Waals surface area (Å²) >= 11 is 0. The van der Waals surface area contributed by atoms with Crippen molar-refractivity contribution in [1.82, 2.24) is 4.98 Å². The third-order valence-corrected chi connectivity index (χ3v) is 2.18. The highest BCUT2D eigenvalue weighted by Crippen LogP contribution is 2.09. The number of unbranched alkanes of at least 4 members (excludes halogenated alkanes) is 1. The van der Waals surface area contributed by atoms with Gasteiger partial charge in [-0.3, -0.25) is 4.98 Å². The van der Waals surface area contributed by atoms with Gasteiger partial charge in [-0.25, -0.2) is 0 Å². The molecule has 2 N–H and O–H groups in total. The van der Waals surface area contributed by atoms with Crippen LogP contribution >= 0.6 is 0 Å². The van der Waals surface area contributed by atoms with Crippen molar-refractivity contribution in [2.45, 2.75) is 32.2 Å². The van der Waals surface area contributed by atoms with E-state index in [0.29, 0.717) is 0 Å². The lowest BCUT2D eigenvalue weighted by atomic mass is 10.1. The molecule has 0 aliphatic carbocycles. The summed E-state index contributed by atoms with van der Waals surface area (Å²) in [4.78, 5) is 3.94. The van der Waals surface area contributed by atoms with Gasteiger partial charge < -0.3 is 10.4 Å². The molecule has 0 radical (unpaired) electrons. The fourth-order valence-electron chi connectivity index (χ4n) is 1.34. The van der Waals surface area contributed by atoms with Crippen LogP contribution in [0.25, 0.3) is 0 Å². The summed E-state index contributed by atoms with van der Waals surface area (Å²) in [5.74, 6) is 0. The Morgan fingerprint density at radius 3 is 2.71 bits per heavy atom. The Hall–Kier alpha value is -1.09. The van der Waals surface area contributed by atoms with E-state index in [2.05, 4.69) is 17.2 Å². The van der Waals surface area contributed by atoms with Crippen molar-refractivity contribution in [3.8, 4) is 0 Å². The van der Waals surface area contributed by atoms with Crippen LogP contribution in [-0.2, 0) is 0 Å². The summed E-state index contributed by atoms with van der Waals surface area (Å²) in [7, 11) is 0. The molecular weight excluding hydrogens is 176 g/mol. The van der Waals surface area contributed by atoms with Crippen molar-refractivity contribution in [2.24, 2.45) is 0 Å². The number of hydrogen-bond donors (Lipinski definition) is 2. The number of nitrogens with zero attached hydrogens (tertiary/aromatic N) is 1. The van der Waals surface area contributed by atoms with Crippen LogP contribution in [0.5, 0.6) is 0 Å². The molecule has 0 unspecified atom stereocenters. The molecule has 0 aliphatic rings. The molecule has 3 nitrogen and oxygen atoms in total. The van der Waals surface area contributed by atoms with Crippen molar-refractivity contribution in [1.29, 1.82) is 0 Å². The number of aliphatic hydroxyl groups is 1. The zero-order chi connectivity index (χ0) is 10.2. The Balaban J connectivity index is 2.40. The number of aliphatic hydroxyl groups excluding tert-OH is 1. The largest absolute Gasteiger partial charge is 0.394 e. The summed E-state index contributed by atoms with van der Waals surface area (Å²) in [6.45, 7) is 2.34. The van der Waals surface area contributed by atoms with Gasteiger partial charge in [0.05, 0.1) is 6.61 Å². The van der Waals surface area contributed by atoms with Gasteiger partial charge in [0.15, 0.2) is 0 Å². The molecule has 78 valence electrons. The molecule has 0 fully saturated rings. The summed E-state index contributed by atoms with van der Waals surface area (Å²) in [5.41, 5.74) is 1.02. The Labute approximate surface area is 85.2 Å². The standard InChI is InChI=1S/C11H18N2O/c1-2-3-4-11(9-14)13-10-5-7-12-8-6-10/h5-8,11,14H,2-4,9H2,1H3,(H,12,13)/t11-/m0/s1. The van der Waals surface area contributed by atoms with Gasteiger partial charge in [0, 0.05) is 24.1 Å². The van der Waals surface area contributed by atoms with E-state index >= 15 is 0 Å². The summed E-state index contributed by atoms with van der Waals surface area (Å²) in [6.07, 6.45) is 6.81. The zero-order valence-electron chi connectivity index (χ0n) is 8.61. The minimum absolute atomic E-state index is 0.164. The molecule has 3 heteroatoms. The minimum Gasteiger partial charge on any atom is -0.394 e. The molecule has 0 spiro atoms.